The van der Waals surface area contributed by atoms with E-state index in [0.29, 0.717) is 0 Å². The molecule has 0 amide bonds. The Morgan fingerprint density at radius 1 is 0.492 bits per heavy atom. The van der Waals surface area contributed by atoms with Crippen LogP contribution >= 0.6 is 0 Å². The van der Waals surface area contributed by atoms with Gasteiger partial charge in [-0.2, -0.15) is 0 Å². The molecular formula is C54H52O11. The van der Waals surface area contributed by atoms with E-state index in [1.54, 1.807) is 7.11 Å². The van der Waals surface area contributed by atoms with Crippen LogP contribution in [0.4, 0.5) is 0 Å². The van der Waals surface area contributed by atoms with Gasteiger partial charge >= 0.3 is 0 Å². The van der Waals surface area contributed by atoms with Gasteiger partial charge in [-0.25, -0.2) is 0 Å². The normalized spacial score (nSPS) is 29.8. The average Bonchev–Trinajstić information content (AvgIpc) is 3.37. The number of rotatable bonds is 13. The Morgan fingerprint density at radius 2 is 1.00 bits per heavy atom. The van der Waals surface area contributed by atoms with Gasteiger partial charge in [0.2, 0.25) is 0 Å². The van der Waals surface area contributed by atoms with Crippen LogP contribution in [0, 0.1) is 11.8 Å². The Morgan fingerprint density at radius 3 is 1.60 bits per heavy atom. The molecular weight excluding hydrogens is 825 g/mol. The SMILES string of the molecule is CO[C@@H]1O[C@@H]2CO[C@@H](c3ccccc3)O[C@H]2[C@H](O[C@@H]2O[C@@H]3CO[C@@H](c4ccccc4)O[C@H]3[C@H](OCC#Cc3cccc4ccccc34)[C@@H]2OCc2ccccc2)[C@@H]1OCc1ccccc1. The standard InChI is InChI=1S/C54H52O11/c1-55-53-50(58-33-37-20-8-3-9-21-37)48(46-44(61-53)35-60-52(64-46)41-25-12-5-13-26-41)65-54-49(57-32-36-18-6-2-7-19-36)47(45-43(62-54)34-59-51(63-45)40-23-10-4-11-24-40)56-31-17-29-39-28-16-27-38-22-14-15-30-42(38)39/h2-16,18-28,30,43-54H,31-35H2,1H3/t43-,44-,45-,46-,47+,48+,49+,50+,51-,52-,53-,54+/m1/s1. The largest absolute Gasteiger partial charge is 0.365 e. The minimum atomic E-state index is -1.04. The maximum atomic E-state index is 7.29. The van der Waals surface area contributed by atoms with E-state index in [1.807, 2.05) is 146 Å². The first-order valence-electron chi connectivity index (χ1n) is 22.2. The molecule has 0 aromatic heterocycles. The number of benzene rings is 6. The molecule has 334 valence electrons. The molecule has 0 spiro atoms. The maximum Gasteiger partial charge on any atom is 0.187 e. The summed E-state index contributed by atoms with van der Waals surface area (Å²) in [5.74, 6) is 6.66. The highest BCUT2D eigenvalue weighted by Gasteiger charge is 2.57. The van der Waals surface area contributed by atoms with Crippen molar-refractivity contribution in [1.29, 1.82) is 0 Å². The molecule has 4 aliphatic heterocycles. The molecule has 12 atom stereocenters. The molecule has 0 N–H and O–H groups in total. The van der Waals surface area contributed by atoms with E-state index in [2.05, 4.69) is 30.0 Å². The van der Waals surface area contributed by atoms with E-state index in [9.17, 15) is 0 Å². The van der Waals surface area contributed by atoms with Crippen molar-refractivity contribution in [2.24, 2.45) is 0 Å². The lowest BCUT2D eigenvalue weighted by molar-refractivity contribution is -0.410. The molecule has 0 unspecified atom stereocenters. The van der Waals surface area contributed by atoms with Crippen molar-refractivity contribution in [2.75, 3.05) is 26.9 Å². The number of hydrogen-bond acceptors (Lipinski definition) is 11. The topological polar surface area (TPSA) is 102 Å². The van der Waals surface area contributed by atoms with Crippen LogP contribution in [0.15, 0.2) is 164 Å². The van der Waals surface area contributed by atoms with E-state index in [1.165, 1.54) is 0 Å². The van der Waals surface area contributed by atoms with Crippen molar-refractivity contribution in [3.8, 4) is 11.8 Å². The molecule has 4 heterocycles. The maximum absolute atomic E-state index is 7.29. The van der Waals surface area contributed by atoms with Gasteiger partial charge in [0.1, 0.15) is 55.4 Å². The third-order valence-corrected chi connectivity index (χ3v) is 12.2. The first-order valence-corrected chi connectivity index (χ1v) is 22.2. The lowest BCUT2D eigenvalue weighted by Crippen LogP contribution is -2.68. The minimum Gasteiger partial charge on any atom is -0.365 e. The number of fused-ring (bicyclic) bond motifs is 3. The van der Waals surface area contributed by atoms with E-state index >= 15 is 0 Å². The fourth-order valence-electron chi connectivity index (χ4n) is 8.94. The summed E-state index contributed by atoms with van der Waals surface area (Å²) in [6.45, 7) is 1.000. The van der Waals surface area contributed by atoms with Gasteiger partial charge < -0.3 is 52.1 Å². The predicted molar refractivity (Wildman–Crippen MR) is 240 cm³/mol. The summed E-state index contributed by atoms with van der Waals surface area (Å²) >= 11 is 0. The Balaban J connectivity index is 1.00. The highest BCUT2D eigenvalue weighted by atomic mass is 16.8. The Kier molecular flexibility index (Phi) is 14.0. The smallest absolute Gasteiger partial charge is 0.187 e. The van der Waals surface area contributed by atoms with Gasteiger partial charge in [-0.1, -0.05) is 170 Å². The van der Waals surface area contributed by atoms with Gasteiger partial charge in [0.15, 0.2) is 25.2 Å². The van der Waals surface area contributed by atoms with Crippen LogP contribution in [0.1, 0.15) is 40.4 Å². The van der Waals surface area contributed by atoms with E-state index in [0.717, 1.165) is 38.6 Å². The zero-order valence-electron chi connectivity index (χ0n) is 36.0. The third-order valence-electron chi connectivity index (χ3n) is 12.2. The predicted octanol–water partition coefficient (Wildman–Crippen LogP) is 8.46. The fraction of sp³-hybridized carbons (Fsp3) is 0.333. The molecule has 6 aromatic rings. The van der Waals surface area contributed by atoms with Crippen LogP contribution in [0.2, 0.25) is 0 Å². The lowest BCUT2D eigenvalue weighted by Gasteiger charge is -2.52. The zero-order valence-corrected chi connectivity index (χ0v) is 36.0. The number of hydrogen-bond donors (Lipinski definition) is 0. The Labute approximate surface area is 379 Å². The molecule has 0 aliphatic carbocycles. The third kappa shape index (κ3) is 10.1. The van der Waals surface area contributed by atoms with Crippen LogP contribution < -0.4 is 0 Å². The fourth-order valence-corrected chi connectivity index (χ4v) is 8.94. The van der Waals surface area contributed by atoms with Crippen LogP contribution in [-0.4, -0.2) is 88.3 Å². The monoisotopic (exact) mass is 876 g/mol. The molecule has 11 heteroatoms. The second kappa shape index (κ2) is 20.9. The van der Waals surface area contributed by atoms with Crippen molar-refractivity contribution >= 4 is 10.8 Å². The summed E-state index contributed by atoms with van der Waals surface area (Å²) in [5, 5.41) is 2.19. The van der Waals surface area contributed by atoms with Crippen molar-refractivity contribution in [2.45, 2.75) is 87.2 Å². The van der Waals surface area contributed by atoms with E-state index < -0.39 is 74.0 Å². The second-order valence-corrected chi connectivity index (χ2v) is 16.4. The van der Waals surface area contributed by atoms with Crippen molar-refractivity contribution in [3.05, 3.63) is 192 Å². The van der Waals surface area contributed by atoms with Crippen LogP contribution in [0.25, 0.3) is 10.8 Å². The second-order valence-electron chi connectivity index (χ2n) is 16.4. The van der Waals surface area contributed by atoms with E-state index in [4.69, 9.17) is 52.1 Å². The Bertz CT molecular complexity index is 2470. The summed E-state index contributed by atoms with van der Waals surface area (Å²) in [6, 6.07) is 53.9. The van der Waals surface area contributed by atoms with E-state index in [-0.39, 0.29) is 33.0 Å². The van der Waals surface area contributed by atoms with Crippen molar-refractivity contribution in [3.63, 3.8) is 0 Å². The molecule has 4 aliphatic rings. The molecule has 0 radical (unpaired) electrons. The highest BCUT2D eigenvalue weighted by Crippen LogP contribution is 2.41. The van der Waals surface area contributed by atoms with Crippen molar-refractivity contribution < 1.29 is 52.1 Å². The Hall–Kier alpha value is -5.30. The number of methoxy groups -OCH3 is 1. The lowest BCUT2D eigenvalue weighted by atomic mass is 9.95. The molecule has 4 fully saturated rings. The molecule has 0 bridgehead atoms. The van der Waals surface area contributed by atoms with Gasteiger partial charge in [0.25, 0.3) is 0 Å². The molecule has 11 nitrogen and oxygen atoms in total. The summed E-state index contributed by atoms with van der Waals surface area (Å²) in [4.78, 5) is 0. The summed E-state index contributed by atoms with van der Waals surface area (Å²) in [5.41, 5.74) is 4.59. The minimum absolute atomic E-state index is 0.0744. The molecule has 0 saturated carbocycles. The summed E-state index contributed by atoms with van der Waals surface area (Å²) in [6.07, 6.45) is -8.87. The average molecular weight is 877 g/mol. The first-order chi connectivity index (χ1) is 32.2. The van der Waals surface area contributed by atoms with Gasteiger partial charge in [0.05, 0.1) is 26.4 Å². The van der Waals surface area contributed by atoms with Crippen LogP contribution in [-0.2, 0) is 65.3 Å². The van der Waals surface area contributed by atoms with Crippen LogP contribution in [0.3, 0.4) is 0 Å². The van der Waals surface area contributed by atoms with Gasteiger partial charge in [-0.15, -0.1) is 0 Å². The van der Waals surface area contributed by atoms with Crippen molar-refractivity contribution in [1.82, 2.24) is 0 Å². The van der Waals surface area contributed by atoms with Gasteiger partial charge in [-0.05, 0) is 28.0 Å². The van der Waals surface area contributed by atoms with Gasteiger partial charge in [0, 0.05) is 23.8 Å². The molecule has 4 saturated heterocycles. The summed E-state index contributed by atoms with van der Waals surface area (Å²) < 4.78 is 73.6. The van der Waals surface area contributed by atoms with Gasteiger partial charge in [-0.3, -0.25) is 0 Å². The molecule has 6 aromatic carbocycles. The molecule has 10 rings (SSSR count). The number of ether oxygens (including phenoxy) is 11. The molecule has 65 heavy (non-hydrogen) atoms. The summed E-state index contributed by atoms with van der Waals surface area (Å²) in [7, 11) is 1.59. The first kappa shape index (κ1) is 43.6. The zero-order chi connectivity index (χ0) is 43.8. The van der Waals surface area contributed by atoms with Crippen LogP contribution in [0.5, 0.6) is 0 Å². The quantitative estimate of drug-likeness (QED) is 0.105. The highest BCUT2D eigenvalue weighted by molar-refractivity contribution is 5.88.